The van der Waals surface area contributed by atoms with Crippen LogP contribution in [-0.2, 0) is 19.5 Å². The predicted octanol–water partition coefficient (Wildman–Crippen LogP) is 7.60. The van der Waals surface area contributed by atoms with Crippen LogP contribution >= 0.6 is 12.6 Å². The van der Waals surface area contributed by atoms with Crippen molar-refractivity contribution in [2.75, 3.05) is 45.8 Å². The van der Waals surface area contributed by atoms with Crippen LogP contribution in [0.5, 0.6) is 0 Å². The van der Waals surface area contributed by atoms with E-state index in [9.17, 15) is 0 Å². The zero-order valence-corrected chi connectivity index (χ0v) is 24.9. The molecule has 0 radical (unpaired) electrons. The van der Waals surface area contributed by atoms with Gasteiger partial charge in [-0.25, -0.2) is 0 Å². The summed E-state index contributed by atoms with van der Waals surface area (Å²) >= 11 is 3.09. The molecule has 0 aromatic rings. The predicted molar refractivity (Wildman–Crippen MR) is 140 cm³/mol. The van der Waals surface area contributed by atoms with E-state index < -0.39 is 0 Å². The van der Waals surface area contributed by atoms with E-state index >= 15 is 0 Å². The average molecular weight is 513 g/mol. The summed E-state index contributed by atoms with van der Waals surface area (Å²) in [5.41, 5.74) is 1.31. The molecule has 3 saturated heterocycles. The third-order valence-corrected chi connectivity index (χ3v) is 5.64. The van der Waals surface area contributed by atoms with Gasteiger partial charge in [-0.3, -0.25) is 0 Å². The second kappa shape index (κ2) is 25.3. The van der Waals surface area contributed by atoms with Crippen molar-refractivity contribution in [3.05, 3.63) is 45.2 Å². The molecule has 4 heterocycles. The SMILES string of the molecule is CC1=CC[N-]C=C1.CC1CC[N-]CC1.CC1CC[N-]CC1.CC1CC[N-]CC1.N#CS.[Zn+2]. The minimum Gasteiger partial charge on any atom is -0.687 e. The van der Waals surface area contributed by atoms with Crippen molar-refractivity contribution < 1.29 is 19.5 Å². The molecule has 5 nitrogen and oxygen atoms in total. The molecule has 0 saturated carbocycles. The molecule has 4 aliphatic rings. The van der Waals surface area contributed by atoms with E-state index in [1.54, 1.807) is 0 Å². The summed E-state index contributed by atoms with van der Waals surface area (Å²) in [5.74, 6) is 2.83. The van der Waals surface area contributed by atoms with Crippen molar-refractivity contribution in [3.8, 4) is 5.40 Å². The summed E-state index contributed by atoms with van der Waals surface area (Å²) in [5, 5.41) is 25.3. The van der Waals surface area contributed by atoms with Gasteiger partial charge in [0, 0.05) is 0 Å². The molecule has 0 aromatic heterocycles. The molecular weight excluding hydrogens is 468 g/mol. The molecule has 0 atom stereocenters. The van der Waals surface area contributed by atoms with Gasteiger partial charge in [0.15, 0.2) is 0 Å². The number of rotatable bonds is 0. The van der Waals surface area contributed by atoms with E-state index in [0.29, 0.717) is 0 Å². The van der Waals surface area contributed by atoms with Crippen molar-refractivity contribution in [1.29, 1.82) is 5.26 Å². The Morgan fingerprint density at radius 1 is 0.781 bits per heavy atom. The maximum atomic E-state index is 7.18. The Balaban J connectivity index is 0. The van der Waals surface area contributed by atoms with Gasteiger partial charge in [0.1, 0.15) is 5.40 Å². The first kappa shape index (κ1) is 33.8. The van der Waals surface area contributed by atoms with Crippen LogP contribution in [0.25, 0.3) is 21.3 Å². The number of nitrogens with zero attached hydrogens (tertiary/aromatic N) is 5. The second-order valence-electron chi connectivity index (χ2n) is 8.79. The molecule has 0 unspecified atom stereocenters. The molecule has 0 N–H and O–H groups in total. The van der Waals surface area contributed by atoms with E-state index in [-0.39, 0.29) is 19.5 Å². The van der Waals surface area contributed by atoms with Crippen LogP contribution in [0.4, 0.5) is 0 Å². The summed E-state index contributed by atoms with van der Waals surface area (Å²) < 4.78 is 0. The Bertz CT molecular complexity index is 451. The Kier molecular flexibility index (Phi) is 26.7. The average Bonchev–Trinajstić information content (AvgIpc) is 2.78. The van der Waals surface area contributed by atoms with Crippen LogP contribution in [0.3, 0.4) is 0 Å². The number of nitriles is 1. The van der Waals surface area contributed by atoms with Crippen LogP contribution in [0, 0.1) is 28.4 Å². The summed E-state index contributed by atoms with van der Waals surface area (Å²) in [4.78, 5) is 0. The number of thiocyanates is 1. The van der Waals surface area contributed by atoms with Gasteiger partial charge in [0.25, 0.3) is 0 Å². The van der Waals surface area contributed by atoms with Gasteiger partial charge in [-0.2, -0.15) is 11.5 Å². The molecule has 3 fully saturated rings. The standard InChI is InChI=1S/3C6H12N.C6H8N.CHNS.Zn/c4*1-6-2-4-7-5-3-6;2-1-3;/h3*6H,2-5H2,1H3;2-4H,5H2,1H3;3H;/q4*-1;;+2. The van der Waals surface area contributed by atoms with Crippen molar-refractivity contribution in [3.63, 3.8) is 0 Å². The van der Waals surface area contributed by atoms with Crippen LogP contribution in [0.2, 0.25) is 0 Å². The van der Waals surface area contributed by atoms with E-state index in [0.717, 1.165) is 63.6 Å². The normalized spacial score (nSPS) is 20.8. The monoisotopic (exact) mass is 511 g/mol. The molecule has 0 aliphatic carbocycles. The fraction of sp³-hybridized carbons (Fsp3) is 0.800. The van der Waals surface area contributed by atoms with Crippen LogP contribution in [-0.4, -0.2) is 45.8 Å². The first-order chi connectivity index (χ1) is 15.0. The van der Waals surface area contributed by atoms with Gasteiger partial charge < -0.3 is 21.3 Å². The zero-order chi connectivity index (χ0) is 23.2. The van der Waals surface area contributed by atoms with Gasteiger partial charge in [-0.05, 0) is 24.7 Å². The smallest absolute Gasteiger partial charge is 0.687 e. The minimum atomic E-state index is 0. The fourth-order valence-electron chi connectivity index (χ4n) is 3.13. The topological polar surface area (TPSA) is 80.2 Å². The molecule has 0 aromatic carbocycles. The largest absolute Gasteiger partial charge is 2.00 e. The van der Waals surface area contributed by atoms with Crippen molar-refractivity contribution in [2.45, 2.75) is 66.2 Å². The first-order valence-electron chi connectivity index (χ1n) is 11.9. The molecule has 32 heavy (non-hydrogen) atoms. The molecular formula is C25H45N5SZn-2. The maximum absolute atomic E-state index is 7.18. The summed E-state index contributed by atoms with van der Waals surface area (Å²) in [6.45, 7) is 16.5. The third-order valence-electron chi connectivity index (χ3n) is 5.64. The van der Waals surface area contributed by atoms with Crippen LogP contribution in [0.15, 0.2) is 23.9 Å². The minimum absolute atomic E-state index is 0. The molecule has 7 heteroatoms. The van der Waals surface area contributed by atoms with E-state index in [4.69, 9.17) is 5.26 Å². The Morgan fingerprint density at radius 3 is 1.22 bits per heavy atom. The molecule has 180 valence electrons. The molecule has 4 rings (SSSR count). The van der Waals surface area contributed by atoms with E-state index in [1.165, 1.54) is 49.5 Å². The first-order valence-corrected chi connectivity index (χ1v) is 12.4. The molecule has 4 aliphatic heterocycles. The summed E-state index contributed by atoms with van der Waals surface area (Å²) in [6.07, 6.45) is 13.9. The Hall–Kier alpha value is -0.377. The number of allylic oxidation sites excluding steroid dienone is 2. The Labute approximate surface area is 217 Å². The van der Waals surface area contributed by atoms with Gasteiger partial charge in [-0.15, -0.1) is 45.8 Å². The Morgan fingerprint density at radius 2 is 1.09 bits per heavy atom. The number of hydrogen-bond acceptors (Lipinski definition) is 2. The van der Waals surface area contributed by atoms with E-state index in [2.05, 4.69) is 67.7 Å². The van der Waals surface area contributed by atoms with Crippen molar-refractivity contribution in [2.24, 2.45) is 17.8 Å². The number of piperidine rings is 3. The number of thiol groups is 1. The van der Waals surface area contributed by atoms with Crippen molar-refractivity contribution in [1.82, 2.24) is 0 Å². The fourth-order valence-corrected chi connectivity index (χ4v) is 3.13. The number of hydrogen-bond donors (Lipinski definition) is 1. The summed E-state index contributed by atoms with van der Waals surface area (Å²) in [7, 11) is 0. The van der Waals surface area contributed by atoms with Gasteiger partial charge in [0.05, 0.1) is 0 Å². The van der Waals surface area contributed by atoms with Gasteiger partial charge in [0.2, 0.25) is 0 Å². The second-order valence-corrected chi connectivity index (χ2v) is 8.99. The molecule has 0 spiro atoms. The van der Waals surface area contributed by atoms with Crippen molar-refractivity contribution >= 4 is 12.6 Å². The van der Waals surface area contributed by atoms with E-state index in [1.807, 2.05) is 12.3 Å². The summed E-state index contributed by atoms with van der Waals surface area (Å²) in [6, 6.07) is 0. The maximum Gasteiger partial charge on any atom is 2.00 e. The zero-order valence-electron chi connectivity index (χ0n) is 21.0. The molecule has 0 bridgehead atoms. The third kappa shape index (κ3) is 24.3. The van der Waals surface area contributed by atoms with Crippen LogP contribution < -0.4 is 0 Å². The van der Waals surface area contributed by atoms with Gasteiger partial charge in [-0.1, -0.05) is 89.7 Å². The quantitative estimate of drug-likeness (QED) is 0.202. The van der Waals surface area contributed by atoms with Gasteiger partial charge >= 0.3 is 19.5 Å². The molecule has 0 amide bonds. The van der Waals surface area contributed by atoms with Crippen LogP contribution in [0.1, 0.15) is 66.2 Å².